The Kier molecular flexibility index (Phi) is 4.30. The van der Waals surface area contributed by atoms with Crippen molar-refractivity contribution in [2.24, 2.45) is 7.05 Å². The SMILES string of the molecule is COc1cccc(N2C(=O)/C(=C/c3cn(C)c4ccccc34)SC2=S)c1. The molecule has 6 heteroatoms. The second kappa shape index (κ2) is 6.63. The van der Waals surface area contributed by atoms with Gasteiger partial charge in [-0.15, -0.1) is 0 Å². The molecule has 0 spiro atoms. The first kappa shape index (κ1) is 16.9. The number of carbonyl (C=O) groups is 1. The molecule has 0 N–H and O–H groups in total. The maximum atomic E-state index is 13.0. The molecule has 1 aromatic heterocycles. The summed E-state index contributed by atoms with van der Waals surface area (Å²) in [5, 5.41) is 1.11. The van der Waals surface area contributed by atoms with Gasteiger partial charge < -0.3 is 9.30 Å². The Morgan fingerprint density at radius 3 is 2.77 bits per heavy atom. The zero-order chi connectivity index (χ0) is 18.3. The predicted octanol–water partition coefficient (Wildman–Crippen LogP) is 4.59. The van der Waals surface area contributed by atoms with Gasteiger partial charge in [-0.25, -0.2) is 0 Å². The van der Waals surface area contributed by atoms with E-state index in [4.69, 9.17) is 17.0 Å². The summed E-state index contributed by atoms with van der Waals surface area (Å²) in [5.74, 6) is 0.579. The van der Waals surface area contributed by atoms with Gasteiger partial charge in [0.2, 0.25) is 0 Å². The zero-order valence-electron chi connectivity index (χ0n) is 14.3. The van der Waals surface area contributed by atoms with Crippen molar-refractivity contribution in [1.82, 2.24) is 4.57 Å². The van der Waals surface area contributed by atoms with Crippen molar-refractivity contribution in [3.63, 3.8) is 0 Å². The second-order valence-corrected chi connectivity index (χ2v) is 7.61. The monoisotopic (exact) mass is 380 g/mol. The molecule has 0 saturated carbocycles. The summed E-state index contributed by atoms with van der Waals surface area (Å²) >= 11 is 6.78. The molecule has 26 heavy (non-hydrogen) atoms. The number of thiocarbonyl (C=S) groups is 1. The van der Waals surface area contributed by atoms with Crippen LogP contribution in [-0.2, 0) is 11.8 Å². The number of aryl methyl sites for hydroxylation is 1. The van der Waals surface area contributed by atoms with E-state index in [0.717, 1.165) is 16.5 Å². The first-order valence-electron chi connectivity index (χ1n) is 8.04. The number of aromatic nitrogens is 1. The average molecular weight is 380 g/mol. The largest absolute Gasteiger partial charge is 0.497 e. The summed E-state index contributed by atoms with van der Waals surface area (Å²) in [5.41, 5.74) is 2.85. The van der Waals surface area contributed by atoms with Gasteiger partial charge in [-0.05, 0) is 24.3 Å². The van der Waals surface area contributed by atoms with Crippen LogP contribution >= 0.6 is 24.0 Å². The van der Waals surface area contributed by atoms with Crippen molar-refractivity contribution in [3.8, 4) is 5.75 Å². The number of thioether (sulfide) groups is 1. The van der Waals surface area contributed by atoms with Crippen LogP contribution in [0.3, 0.4) is 0 Å². The molecule has 2 aromatic carbocycles. The molecule has 1 fully saturated rings. The molecule has 0 radical (unpaired) electrons. The Bertz CT molecular complexity index is 1070. The fourth-order valence-electron chi connectivity index (χ4n) is 3.07. The molecule has 0 atom stereocenters. The van der Waals surface area contributed by atoms with Gasteiger partial charge in [0.15, 0.2) is 4.32 Å². The van der Waals surface area contributed by atoms with Gasteiger partial charge in [0.1, 0.15) is 5.75 Å². The summed E-state index contributed by atoms with van der Waals surface area (Å²) in [4.78, 5) is 15.1. The third-order valence-electron chi connectivity index (χ3n) is 4.32. The van der Waals surface area contributed by atoms with E-state index in [0.29, 0.717) is 20.7 Å². The van der Waals surface area contributed by atoms with Crippen LogP contribution in [0.5, 0.6) is 5.75 Å². The fourth-order valence-corrected chi connectivity index (χ4v) is 4.36. The normalized spacial score (nSPS) is 16.1. The molecule has 4 rings (SSSR count). The number of amides is 1. The molecule has 1 aliphatic rings. The highest BCUT2D eigenvalue weighted by Gasteiger charge is 2.33. The summed E-state index contributed by atoms with van der Waals surface area (Å²) in [7, 11) is 3.60. The minimum Gasteiger partial charge on any atom is -0.497 e. The number of para-hydroxylation sites is 1. The number of hydrogen-bond donors (Lipinski definition) is 0. The van der Waals surface area contributed by atoms with Gasteiger partial charge >= 0.3 is 0 Å². The maximum absolute atomic E-state index is 13.0. The van der Waals surface area contributed by atoms with Gasteiger partial charge in [-0.2, -0.15) is 0 Å². The van der Waals surface area contributed by atoms with E-state index in [9.17, 15) is 4.79 Å². The van der Waals surface area contributed by atoms with Gasteiger partial charge in [0.05, 0.1) is 17.7 Å². The molecular weight excluding hydrogens is 364 g/mol. The Labute approximate surface area is 161 Å². The molecule has 1 aliphatic heterocycles. The van der Waals surface area contributed by atoms with Crippen LogP contribution in [0.1, 0.15) is 5.56 Å². The van der Waals surface area contributed by atoms with E-state index < -0.39 is 0 Å². The number of methoxy groups -OCH3 is 1. The van der Waals surface area contributed by atoms with Crippen LogP contribution in [0.4, 0.5) is 5.69 Å². The van der Waals surface area contributed by atoms with E-state index in [-0.39, 0.29) is 5.91 Å². The van der Waals surface area contributed by atoms with Gasteiger partial charge in [-0.1, -0.05) is 48.2 Å². The van der Waals surface area contributed by atoms with Crippen LogP contribution in [-0.4, -0.2) is 21.9 Å². The van der Waals surface area contributed by atoms with E-state index >= 15 is 0 Å². The molecule has 2 heterocycles. The van der Waals surface area contributed by atoms with Crippen LogP contribution in [0, 0.1) is 0 Å². The van der Waals surface area contributed by atoms with Crippen molar-refractivity contribution < 1.29 is 9.53 Å². The van der Waals surface area contributed by atoms with E-state index in [2.05, 4.69) is 16.7 Å². The summed E-state index contributed by atoms with van der Waals surface area (Å²) in [6, 6.07) is 15.5. The molecule has 130 valence electrons. The quantitative estimate of drug-likeness (QED) is 0.492. The van der Waals surface area contributed by atoms with Crippen molar-refractivity contribution in [3.05, 3.63) is 65.2 Å². The number of benzene rings is 2. The van der Waals surface area contributed by atoms with Crippen LogP contribution in [0.2, 0.25) is 0 Å². The highest BCUT2D eigenvalue weighted by atomic mass is 32.2. The Morgan fingerprint density at radius 2 is 1.96 bits per heavy atom. The van der Waals surface area contributed by atoms with E-state index in [1.54, 1.807) is 12.0 Å². The molecule has 0 unspecified atom stereocenters. The smallest absolute Gasteiger partial charge is 0.270 e. The molecule has 1 saturated heterocycles. The molecule has 1 amide bonds. The van der Waals surface area contributed by atoms with Gasteiger partial charge in [-0.3, -0.25) is 9.69 Å². The molecule has 0 bridgehead atoms. The second-order valence-electron chi connectivity index (χ2n) is 5.93. The average Bonchev–Trinajstić information content (AvgIpc) is 3.12. The molecular formula is C20H16N2O2S2. The highest BCUT2D eigenvalue weighted by Crippen LogP contribution is 2.37. The minimum absolute atomic E-state index is 0.110. The van der Waals surface area contributed by atoms with Gasteiger partial charge in [0, 0.05) is 35.8 Å². The van der Waals surface area contributed by atoms with Crippen LogP contribution in [0.15, 0.2) is 59.6 Å². The molecule has 4 nitrogen and oxygen atoms in total. The third kappa shape index (κ3) is 2.81. The van der Waals surface area contributed by atoms with E-state index in [1.807, 2.05) is 55.7 Å². The number of anilines is 1. The van der Waals surface area contributed by atoms with Gasteiger partial charge in [0.25, 0.3) is 5.91 Å². The summed E-state index contributed by atoms with van der Waals surface area (Å²) in [6.07, 6.45) is 3.95. The van der Waals surface area contributed by atoms with Crippen molar-refractivity contribution in [2.75, 3.05) is 12.0 Å². The standard InChI is InChI=1S/C20H16N2O2S2/c1-21-12-13(16-8-3-4-9-17(16)21)10-18-19(23)22(20(25)26-18)14-6-5-7-15(11-14)24-2/h3-12H,1-2H3/b18-10-. The highest BCUT2D eigenvalue weighted by molar-refractivity contribution is 8.27. The van der Waals surface area contributed by atoms with Crippen molar-refractivity contribution in [1.29, 1.82) is 0 Å². The summed E-state index contributed by atoms with van der Waals surface area (Å²) in [6.45, 7) is 0. The van der Waals surface area contributed by atoms with E-state index in [1.165, 1.54) is 11.8 Å². The minimum atomic E-state index is -0.110. The Hall–Kier alpha value is -2.57. The number of fused-ring (bicyclic) bond motifs is 1. The first-order valence-corrected chi connectivity index (χ1v) is 9.27. The number of rotatable bonds is 3. The lowest BCUT2D eigenvalue weighted by Crippen LogP contribution is -2.27. The lowest BCUT2D eigenvalue weighted by molar-refractivity contribution is -0.113. The molecule has 0 aliphatic carbocycles. The number of nitrogens with zero attached hydrogens (tertiary/aromatic N) is 2. The number of carbonyl (C=O) groups excluding carboxylic acids is 1. The van der Waals surface area contributed by atoms with Crippen molar-refractivity contribution in [2.45, 2.75) is 0 Å². The lowest BCUT2D eigenvalue weighted by atomic mass is 10.1. The predicted molar refractivity (Wildman–Crippen MR) is 112 cm³/mol. The third-order valence-corrected chi connectivity index (χ3v) is 5.62. The zero-order valence-corrected chi connectivity index (χ0v) is 15.9. The number of ether oxygens (including phenoxy) is 1. The van der Waals surface area contributed by atoms with Crippen LogP contribution < -0.4 is 9.64 Å². The first-order chi connectivity index (χ1) is 12.6. The summed E-state index contributed by atoms with van der Waals surface area (Å²) < 4.78 is 7.84. The van der Waals surface area contributed by atoms with Crippen molar-refractivity contribution >= 4 is 56.9 Å². The molecule has 3 aromatic rings. The Balaban J connectivity index is 1.73. The fraction of sp³-hybridized carbons (Fsp3) is 0.100. The lowest BCUT2D eigenvalue weighted by Gasteiger charge is -2.15. The van der Waals surface area contributed by atoms with Crippen LogP contribution in [0.25, 0.3) is 17.0 Å². The Morgan fingerprint density at radius 1 is 1.15 bits per heavy atom. The topological polar surface area (TPSA) is 34.5 Å². The maximum Gasteiger partial charge on any atom is 0.270 e. The number of hydrogen-bond acceptors (Lipinski definition) is 4.